The van der Waals surface area contributed by atoms with Crippen LogP contribution in [0.2, 0.25) is 0 Å². The van der Waals surface area contributed by atoms with Crippen LogP contribution in [0.5, 0.6) is 0 Å². The average Bonchev–Trinajstić information content (AvgIpc) is 3.38. The second-order valence-corrected chi connectivity index (χ2v) is 9.45. The van der Waals surface area contributed by atoms with Crippen molar-refractivity contribution in [2.24, 2.45) is 0 Å². The van der Waals surface area contributed by atoms with E-state index in [0.29, 0.717) is 25.2 Å². The van der Waals surface area contributed by atoms with E-state index in [1.54, 1.807) is 29.6 Å². The van der Waals surface area contributed by atoms with Gasteiger partial charge in [-0.1, -0.05) is 44.0 Å². The first-order valence-electron chi connectivity index (χ1n) is 12.1. The van der Waals surface area contributed by atoms with Gasteiger partial charge in [-0.25, -0.2) is 14.3 Å². The van der Waals surface area contributed by atoms with Gasteiger partial charge in [-0.3, -0.25) is 4.79 Å². The molecule has 7 nitrogen and oxygen atoms in total. The molecule has 0 saturated carbocycles. The Balaban J connectivity index is 0.00000361. The third-order valence-corrected chi connectivity index (χ3v) is 7.15. The van der Waals surface area contributed by atoms with E-state index in [2.05, 4.69) is 23.0 Å². The second-order valence-electron chi connectivity index (χ2n) is 9.45. The quantitative estimate of drug-likeness (QED) is 0.345. The fraction of sp³-hybridized carbons (Fsp3) is 0.357. The normalized spacial score (nSPS) is 19.6. The Hall–Kier alpha value is -3.47. The van der Waals surface area contributed by atoms with Gasteiger partial charge >= 0.3 is 11.8 Å². The number of quaternary nitrogens is 1. The van der Waals surface area contributed by atoms with Crippen LogP contribution in [-0.2, 0) is 22.7 Å². The van der Waals surface area contributed by atoms with Crippen LogP contribution in [0.25, 0.3) is 0 Å². The number of aromatic nitrogens is 2. The van der Waals surface area contributed by atoms with Gasteiger partial charge < -0.3 is 9.88 Å². The van der Waals surface area contributed by atoms with Crippen molar-refractivity contribution in [1.82, 2.24) is 19.4 Å². The molecule has 8 heteroatoms. The summed E-state index contributed by atoms with van der Waals surface area (Å²) in [5.74, 6) is -0.878. The SMILES string of the molecule is CCCCC1C[N@@+](Cc2ccc(C#N)cc2)(c2cccc(C)c2C)C(=O)C(=O)N1Cc1cnc[nH]1.Cl. The number of nitrogens with one attached hydrogen (secondary N) is 1. The number of nitrogens with zero attached hydrogens (tertiary/aromatic N) is 4. The van der Waals surface area contributed by atoms with Crippen LogP contribution in [-0.4, -0.2) is 39.3 Å². The highest BCUT2D eigenvalue weighted by Crippen LogP contribution is 2.37. The number of aromatic amines is 1. The molecule has 1 N–H and O–H groups in total. The van der Waals surface area contributed by atoms with E-state index < -0.39 is 11.8 Å². The molecular weight excluding hydrogens is 474 g/mol. The fourth-order valence-corrected chi connectivity index (χ4v) is 5.08. The van der Waals surface area contributed by atoms with E-state index in [1.165, 1.54) is 0 Å². The minimum absolute atomic E-state index is 0. The minimum Gasteiger partial charge on any atom is -0.347 e. The summed E-state index contributed by atoms with van der Waals surface area (Å²) in [6.07, 6.45) is 6.09. The first kappa shape index (κ1) is 27.1. The highest BCUT2D eigenvalue weighted by molar-refractivity contribution is 6.39. The number of carbonyl (C=O) groups is 2. The minimum atomic E-state index is -0.457. The number of H-pyrrole nitrogens is 1. The fourth-order valence-electron chi connectivity index (χ4n) is 5.08. The van der Waals surface area contributed by atoms with Gasteiger partial charge in [0.25, 0.3) is 0 Å². The number of hydrogen-bond acceptors (Lipinski definition) is 4. The molecular formula is C28H33ClN5O2+. The lowest BCUT2D eigenvalue weighted by atomic mass is 9.96. The smallest absolute Gasteiger partial charge is 0.347 e. The van der Waals surface area contributed by atoms with Gasteiger partial charge in [-0.15, -0.1) is 12.4 Å². The number of hydrogen-bond donors (Lipinski definition) is 1. The number of piperazine rings is 1. The summed E-state index contributed by atoms with van der Waals surface area (Å²) in [6.45, 7) is 7.40. The monoisotopic (exact) mass is 506 g/mol. The molecule has 2 aromatic carbocycles. The molecule has 0 bridgehead atoms. The van der Waals surface area contributed by atoms with Crippen molar-refractivity contribution in [3.63, 3.8) is 0 Å². The predicted molar refractivity (Wildman–Crippen MR) is 142 cm³/mol. The highest BCUT2D eigenvalue weighted by atomic mass is 35.5. The Bertz CT molecular complexity index is 1250. The third kappa shape index (κ3) is 5.20. The van der Waals surface area contributed by atoms with Crippen molar-refractivity contribution in [3.05, 3.63) is 82.9 Å². The Morgan fingerprint density at radius 2 is 1.92 bits per heavy atom. The molecule has 3 aromatic rings. The van der Waals surface area contributed by atoms with Crippen molar-refractivity contribution < 1.29 is 9.59 Å². The molecule has 1 fully saturated rings. The molecule has 0 spiro atoms. The lowest BCUT2D eigenvalue weighted by Gasteiger charge is -2.46. The molecule has 0 radical (unpaired) electrons. The van der Waals surface area contributed by atoms with Crippen LogP contribution in [0.1, 0.15) is 54.1 Å². The molecule has 2 atom stereocenters. The molecule has 0 aliphatic carbocycles. The predicted octanol–water partition coefficient (Wildman–Crippen LogP) is 4.96. The van der Waals surface area contributed by atoms with E-state index in [-0.39, 0.29) is 22.9 Å². The van der Waals surface area contributed by atoms with Crippen molar-refractivity contribution >= 4 is 29.9 Å². The van der Waals surface area contributed by atoms with Gasteiger partial charge in [-0.2, -0.15) is 5.26 Å². The van der Waals surface area contributed by atoms with E-state index in [0.717, 1.165) is 47.3 Å². The summed E-state index contributed by atoms with van der Waals surface area (Å²) in [6, 6.07) is 15.3. The maximum absolute atomic E-state index is 14.1. The number of halogens is 1. The maximum atomic E-state index is 14.1. The number of amides is 2. The molecule has 1 unspecified atom stereocenters. The number of nitriles is 1. The van der Waals surface area contributed by atoms with Crippen LogP contribution < -0.4 is 4.48 Å². The first-order valence-corrected chi connectivity index (χ1v) is 12.1. The number of aryl methyl sites for hydroxylation is 1. The number of unbranched alkanes of at least 4 members (excludes halogenated alkanes) is 1. The van der Waals surface area contributed by atoms with Crippen molar-refractivity contribution in [2.75, 3.05) is 6.54 Å². The Labute approximate surface area is 218 Å². The van der Waals surface area contributed by atoms with E-state index in [1.807, 2.05) is 44.2 Å². The molecule has 1 aliphatic heterocycles. The first-order chi connectivity index (χ1) is 16.9. The zero-order valence-electron chi connectivity index (χ0n) is 21.0. The van der Waals surface area contributed by atoms with Crippen molar-refractivity contribution in [1.29, 1.82) is 5.26 Å². The van der Waals surface area contributed by atoms with Crippen LogP contribution in [0.15, 0.2) is 55.0 Å². The Morgan fingerprint density at radius 1 is 1.17 bits per heavy atom. The van der Waals surface area contributed by atoms with Crippen LogP contribution >= 0.6 is 12.4 Å². The summed E-state index contributed by atoms with van der Waals surface area (Å²) < 4.78 is -0.0495. The van der Waals surface area contributed by atoms with Gasteiger partial charge in [-0.05, 0) is 44.0 Å². The summed E-state index contributed by atoms with van der Waals surface area (Å²) in [7, 11) is 0. The number of imidazole rings is 1. The van der Waals surface area contributed by atoms with Crippen LogP contribution in [0.4, 0.5) is 5.69 Å². The molecule has 1 aromatic heterocycles. The van der Waals surface area contributed by atoms with E-state index >= 15 is 0 Å². The van der Waals surface area contributed by atoms with Gasteiger partial charge in [0.2, 0.25) is 0 Å². The highest BCUT2D eigenvalue weighted by Gasteiger charge is 2.54. The van der Waals surface area contributed by atoms with Gasteiger partial charge in [0.05, 0.1) is 36.2 Å². The largest absolute Gasteiger partial charge is 0.409 e. The molecule has 2 heterocycles. The Kier molecular flexibility index (Phi) is 8.67. The number of benzene rings is 2. The molecule has 1 saturated heterocycles. The molecule has 36 heavy (non-hydrogen) atoms. The molecule has 1 aliphatic rings. The third-order valence-electron chi connectivity index (χ3n) is 7.15. The Morgan fingerprint density at radius 3 is 2.56 bits per heavy atom. The standard InChI is InChI=1S/C28H32N5O2.ClH/c1-4-5-8-25-18-33(26-9-6-7-20(2)21(26)3,17-23-12-10-22(14-29)11-13-23)28(35)27(34)32(25)16-24-15-30-19-31-24;/h6-7,9-13,15,19,25H,4-5,8,16-18H2,1-3H3,(H,30,31);1H/q+1;/t25?,33-;/m0./s1. The second kappa shape index (κ2) is 11.5. The summed E-state index contributed by atoms with van der Waals surface area (Å²) in [4.78, 5) is 36.8. The number of carbonyl (C=O) groups excluding carboxylic acids is 2. The van der Waals surface area contributed by atoms with Crippen molar-refractivity contribution in [3.8, 4) is 6.07 Å². The van der Waals surface area contributed by atoms with Crippen LogP contribution in [0.3, 0.4) is 0 Å². The topological polar surface area (TPSA) is 89.8 Å². The lowest BCUT2D eigenvalue weighted by molar-refractivity contribution is -0.159. The molecule has 2 amide bonds. The molecule has 188 valence electrons. The summed E-state index contributed by atoms with van der Waals surface area (Å²) >= 11 is 0. The number of rotatable bonds is 8. The van der Waals surface area contributed by atoms with E-state index in [4.69, 9.17) is 0 Å². The zero-order valence-corrected chi connectivity index (χ0v) is 21.8. The lowest BCUT2D eigenvalue weighted by Crippen LogP contribution is -2.70. The van der Waals surface area contributed by atoms with Gasteiger partial charge in [0.15, 0.2) is 0 Å². The van der Waals surface area contributed by atoms with E-state index in [9.17, 15) is 14.9 Å². The molecule has 4 rings (SSSR count). The maximum Gasteiger partial charge on any atom is 0.409 e. The van der Waals surface area contributed by atoms with Gasteiger partial charge in [0.1, 0.15) is 18.8 Å². The van der Waals surface area contributed by atoms with Crippen molar-refractivity contribution in [2.45, 2.75) is 59.2 Å². The van der Waals surface area contributed by atoms with Gasteiger partial charge in [0, 0.05) is 17.3 Å². The summed E-state index contributed by atoms with van der Waals surface area (Å²) in [5.41, 5.74) is 5.28. The van der Waals surface area contributed by atoms with Crippen LogP contribution in [0, 0.1) is 25.2 Å². The summed E-state index contributed by atoms with van der Waals surface area (Å²) in [5, 5.41) is 9.21. The zero-order chi connectivity index (χ0) is 25.0. The average molecular weight is 507 g/mol.